The van der Waals surface area contributed by atoms with E-state index in [1.54, 1.807) is 32.4 Å². The molecule has 0 spiro atoms. The Labute approximate surface area is 140 Å². The first-order valence-electron chi connectivity index (χ1n) is 7.65. The van der Waals surface area contributed by atoms with Crippen LogP contribution in [0, 0.1) is 13.8 Å². The summed E-state index contributed by atoms with van der Waals surface area (Å²) in [4.78, 5) is 15.8. The van der Waals surface area contributed by atoms with Gasteiger partial charge in [-0.25, -0.2) is 0 Å². The van der Waals surface area contributed by atoms with E-state index in [1.807, 2.05) is 26.0 Å². The summed E-state index contributed by atoms with van der Waals surface area (Å²) in [5, 5.41) is 3.92. The molecular weight excluding hydrogens is 304 g/mol. The van der Waals surface area contributed by atoms with Crippen molar-refractivity contribution in [1.82, 2.24) is 4.98 Å². The van der Waals surface area contributed by atoms with Crippen LogP contribution in [0.25, 0.3) is 10.9 Å². The standard InChI is InChI=1S/C19H20N2O3/c1-11-7-12(2)14-10-17(20-15(14)8-11)19(22)21-16-9-13(23-3)5-6-18(16)24-4/h5-10,20H,1-4H3,(H,21,22). The monoisotopic (exact) mass is 324 g/mol. The number of anilines is 1. The minimum Gasteiger partial charge on any atom is -0.497 e. The number of fused-ring (bicyclic) bond motifs is 1. The molecule has 0 aliphatic carbocycles. The molecule has 5 heteroatoms. The van der Waals surface area contributed by atoms with Crippen molar-refractivity contribution in [3.63, 3.8) is 0 Å². The third-order valence-electron chi connectivity index (χ3n) is 3.99. The van der Waals surface area contributed by atoms with Crippen molar-refractivity contribution < 1.29 is 14.3 Å². The topological polar surface area (TPSA) is 63.4 Å². The molecule has 5 nitrogen and oxygen atoms in total. The van der Waals surface area contributed by atoms with E-state index in [1.165, 1.54) is 0 Å². The number of carbonyl (C=O) groups is 1. The lowest BCUT2D eigenvalue weighted by Gasteiger charge is -2.11. The molecule has 0 unspecified atom stereocenters. The Balaban J connectivity index is 1.94. The second kappa shape index (κ2) is 6.28. The lowest BCUT2D eigenvalue weighted by molar-refractivity contribution is 0.102. The number of hydrogen-bond acceptors (Lipinski definition) is 3. The lowest BCUT2D eigenvalue weighted by Crippen LogP contribution is -2.13. The molecule has 24 heavy (non-hydrogen) atoms. The number of aryl methyl sites for hydroxylation is 2. The molecule has 1 heterocycles. The summed E-state index contributed by atoms with van der Waals surface area (Å²) in [7, 11) is 3.14. The van der Waals surface area contributed by atoms with E-state index in [-0.39, 0.29) is 5.91 Å². The van der Waals surface area contributed by atoms with Crippen molar-refractivity contribution in [3.05, 3.63) is 53.2 Å². The fourth-order valence-corrected chi connectivity index (χ4v) is 2.82. The van der Waals surface area contributed by atoms with Crippen LogP contribution in [0.2, 0.25) is 0 Å². The molecule has 0 bridgehead atoms. The second-order valence-electron chi connectivity index (χ2n) is 5.75. The molecule has 0 saturated carbocycles. The predicted molar refractivity (Wildman–Crippen MR) is 95.3 cm³/mol. The number of H-pyrrole nitrogens is 1. The molecule has 1 amide bonds. The van der Waals surface area contributed by atoms with E-state index in [0.717, 1.165) is 22.0 Å². The fourth-order valence-electron chi connectivity index (χ4n) is 2.82. The number of nitrogens with one attached hydrogen (secondary N) is 2. The third-order valence-corrected chi connectivity index (χ3v) is 3.99. The van der Waals surface area contributed by atoms with Crippen molar-refractivity contribution in [2.45, 2.75) is 13.8 Å². The Morgan fingerprint density at radius 1 is 1.04 bits per heavy atom. The van der Waals surface area contributed by atoms with Gasteiger partial charge in [0.05, 0.1) is 19.9 Å². The Bertz CT molecular complexity index is 912. The zero-order chi connectivity index (χ0) is 17.3. The number of aromatic amines is 1. The Kier molecular flexibility index (Phi) is 4.16. The molecule has 0 radical (unpaired) electrons. The third kappa shape index (κ3) is 2.93. The summed E-state index contributed by atoms with van der Waals surface area (Å²) >= 11 is 0. The molecule has 0 aliphatic rings. The first-order chi connectivity index (χ1) is 11.5. The summed E-state index contributed by atoms with van der Waals surface area (Å²) < 4.78 is 10.5. The highest BCUT2D eigenvalue weighted by Crippen LogP contribution is 2.29. The molecule has 124 valence electrons. The zero-order valence-electron chi connectivity index (χ0n) is 14.2. The molecular formula is C19H20N2O3. The van der Waals surface area contributed by atoms with Crippen LogP contribution in [0.4, 0.5) is 5.69 Å². The van der Waals surface area contributed by atoms with E-state index in [2.05, 4.69) is 16.4 Å². The van der Waals surface area contributed by atoms with Gasteiger partial charge in [0.2, 0.25) is 0 Å². The number of hydrogen-bond donors (Lipinski definition) is 2. The number of carbonyl (C=O) groups excluding carboxylic acids is 1. The zero-order valence-corrected chi connectivity index (χ0v) is 14.2. The summed E-state index contributed by atoms with van der Waals surface area (Å²) in [6.07, 6.45) is 0. The number of ether oxygens (including phenoxy) is 2. The summed E-state index contributed by atoms with van der Waals surface area (Å²) in [5.74, 6) is 0.997. The van der Waals surface area contributed by atoms with Crippen molar-refractivity contribution in [1.29, 1.82) is 0 Å². The van der Waals surface area contributed by atoms with Gasteiger partial charge in [0.1, 0.15) is 17.2 Å². The maximum Gasteiger partial charge on any atom is 0.272 e. The molecule has 0 aliphatic heterocycles. The van der Waals surface area contributed by atoms with Gasteiger partial charge in [0.15, 0.2) is 0 Å². The van der Waals surface area contributed by atoms with Gasteiger partial charge in [-0.2, -0.15) is 0 Å². The van der Waals surface area contributed by atoms with Gasteiger partial charge in [-0.1, -0.05) is 6.07 Å². The average molecular weight is 324 g/mol. The van der Waals surface area contributed by atoms with Crippen LogP contribution in [-0.4, -0.2) is 25.1 Å². The Morgan fingerprint density at radius 3 is 2.54 bits per heavy atom. The van der Waals surface area contributed by atoms with E-state index in [4.69, 9.17) is 9.47 Å². The Hall–Kier alpha value is -2.95. The van der Waals surface area contributed by atoms with Crippen LogP contribution in [-0.2, 0) is 0 Å². The van der Waals surface area contributed by atoms with Crippen LogP contribution < -0.4 is 14.8 Å². The highest BCUT2D eigenvalue weighted by atomic mass is 16.5. The van der Waals surface area contributed by atoms with Crippen LogP contribution in [0.3, 0.4) is 0 Å². The van der Waals surface area contributed by atoms with Crippen LogP contribution in [0.15, 0.2) is 36.4 Å². The normalized spacial score (nSPS) is 10.7. The van der Waals surface area contributed by atoms with Gasteiger partial charge in [0, 0.05) is 17.0 Å². The predicted octanol–water partition coefficient (Wildman–Crippen LogP) is 4.05. The molecule has 0 saturated heterocycles. The first kappa shape index (κ1) is 15.9. The van der Waals surface area contributed by atoms with Gasteiger partial charge in [-0.3, -0.25) is 4.79 Å². The number of aromatic nitrogens is 1. The average Bonchev–Trinajstić information content (AvgIpc) is 2.99. The van der Waals surface area contributed by atoms with E-state index in [0.29, 0.717) is 22.9 Å². The van der Waals surface area contributed by atoms with Gasteiger partial charge >= 0.3 is 0 Å². The van der Waals surface area contributed by atoms with Gasteiger partial charge in [-0.15, -0.1) is 0 Å². The molecule has 3 aromatic rings. The molecule has 0 fully saturated rings. The lowest BCUT2D eigenvalue weighted by atomic mass is 10.1. The van der Waals surface area contributed by atoms with Crippen LogP contribution >= 0.6 is 0 Å². The summed E-state index contributed by atoms with van der Waals surface area (Å²) in [6, 6.07) is 11.3. The van der Waals surface area contributed by atoms with E-state index in [9.17, 15) is 4.79 Å². The van der Waals surface area contributed by atoms with E-state index >= 15 is 0 Å². The molecule has 0 atom stereocenters. The van der Waals surface area contributed by atoms with Gasteiger partial charge in [-0.05, 0) is 49.2 Å². The number of rotatable bonds is 4. The SMILES string of the molecule is COc1ccc(OC)c(NC(=O)c2cc3c(C)cc(C)cc3[nH]2)c1. The summed E-state index contributed by atoms with van der Waals surface area (Å²) in [6.45, 7) is 4.07. The number of amides is 1. The quantitative estimate of drug-likeness (QED) is 0.761. The molecule has 2 N–H and O–H groups in total. The van der Waals surface area contributed by atoms with Crippen LogP contribution in [0.1, 0.15) is 21.6 Å². The molecule has 2 aromatic carbocycles. The molecule has 3 rings (SSSR count). The maximum atomic E-state index is 12.6. The fraction of sp³-hybridized carbons (Fsp3) is 0.211. The highest BCUT2D eigenvalue weighted by molar-refractivity contribution is 6.07. The van der Waals surface area contributed by atoms with Crippen molar-refractivity contribution in [2.75, 3.05) is 19.5 Å². The van der Waals surface area contributed by atoms with E-state index < -0.39 is 0 Å². The van der Waals surface area contributed by atoms with Gasteiger partial charge in [0.25, 0.3) is 5.91 Å². The highest BCUT2D eigenvalue weighted by Gasteiger charge is 2.14. The van der Waals surface area contributed by atoms with Gasteiger partial charge < -0.3 is 19.8 Å². The maximum absolute atomic E-state index is 12.6. The minimum atomic E-state index is -0.227. The summed E-state index contributed by atoms with van der Waals surface area (Å²) in [5.41, 5.74) is 4.31. The Morgan fingerprint density at radius 2 is 1.83 bits per heavy atom. The first-order valence-corrected chi connectivity index (χ1v) is 7.65. The smallest absolute Gasteiger partial charge is 0.272 e. The largest absolute Gasteiger partial charge is 0.497 e. The minimum absolute atomic E-state index is 0.227. The second-order valence-corrected chi connectivity index (χ2v) is 5.75. The molecule has 1 aromatic heterocycles. The number of methoxy groups -OCH3 is 2. The number of benzene rings is 2. The van der Waals surface area contributed by atoms with Crippen molar-refractivity contribution in [3.8, 4) is 11.5 Å². The van der Waals surface area contributed by atoms with Crippen molar-refractivity contribution >= 4 is 22.5 Å². The van der Waals surface area contributed by atoms with Crippen molar-refractivity contribution in [2.24, 2.45) is 0 Å². The van der Waals surface area contributed by atoms with Crippen LogP contribution in [0.5, 0.6) is 11.5 Å².